The highest BCUT2D eigenvalue weighted by molar-refractivity contribution is 7.89. The van der Waals surface area contributed by atoms with Gasteiger partial charge in [-0.3, -0.25) is 4.79 Å². The van der Waals surface area contributed by atoms with E-state index < -0.39 is 46.2 Å². The number of benzene rings is 1. The lowest BCUT2D eigenvalue weighted by Gasteiger charge is -2.24. The zero-order chi connectivity index (χ0) is 16.1. The summed E-state index contributed by atoms with van der Waals surface area (Å²) in [6.07, 6.45) is -0.513. The van der Waals surface area contributed by atoms with E-state index >= 15 is 0 Å². The van der Waals surface area contributed by atoms with Crippen LogP contribution in [0.3, 0.4) is 0 Å². The number of fused-ring (bicyclic) bond motifs is 1. The quantitative estimate of drug-likeness (QED) is 0.905. The van der Waals surface area contributed by atoms with Gasteiger partial charge in [0.05, 0.1) is 11.8 Å². The summed E-state index contributed by atoms with van der Waals surface area (Å²) < 4.78 is 52.8. The van der Waals surface area contributed by atoms with E-state index in [2.05, 4.69) is 0 Å². The minimum atomic E-state index is -4.10. The van der Waals surface area contributed by atoms with Gasteiger partial charge < -0.3 is 5.11 Å². The van der Waals surface area contributed by atoms with Crippen LogP contribution < -0.4 is 0 Å². The maximum Gasteiger partial charge on any atom is 0.322 e. The Bertz CT molecular complexity index is 694. The first kappa shape index (κ1) is 15.4. The van der Waals surface area contributed by atoms with Crippen LogP contribution in [0.4, 0.5) is 8.78 Å². The van der Waals surface area contributed by atoms with E-state index in [9.17, 15) is 22.0 Å². The molecule has 120 valence electrons. The Balaban J connectivity index is 1.89. The van der Waals surface area contributed by atoms with E-state index in [0.29, 0.717) is 4.31 Å². The summed E-state index contributed by atoms with van der Waals surface area (Å²) in [6.45, 7) is -1.06. The molecule has 0 unspecified atom stereocenters. The fourth-order valence-corrected chi connectivity index (χ4v) is 5.24. The predicted molar refractivity (Wildman–Crippen MR) is 74.3 cm³/mol. The number of alkyl halides is 2. The Kier molecular flexibility index (Phi) is 3.48. The summed E-state index contributed by atoms with van der Waals surface area (Å²) in [5.74, 6) is -4.84. The van der Waals surface area contributed by atoms with E-state index in [1.807, 2.05) is 0 Å². The minimum Gasteiger partial charge on any atom is -0.480 e. The van der Waals surface area contributed by atoms with Gasteiger partial charge in [0.25, 0.3) is 5.92 Å². The summed E-state index contributed by atoms with van der Waals surface area (Å²) in [7, 11) is -4.10. The van der Waals surface area contributed by atoms with Crippen LogP contribution in [0.5, 0.6) is 0 Å². The summed E-state index contributed by atoms with van der Waals surface area (Å²) in [4.78, 5) is 11.1. The maximum atomic E-state index is 13.5. The molecule has 0 amide bonds. The van der Waals surface area contributed by atoms with Gasteiger partial charge in [0, 0.05) is 6.42 Å². The van der Waals surface area contributed by atoms with Crippen molar-refractivity contribution in [3.8, 4) is 0 Å². The molecule has 1 aromatic carbocycles. The molecule has 1 atom stereocenters. The fraction of sp³-hybridized carbons (Fsp3) is 0.500. The van der Waals surface area contributed by atoms with Crippen molar-refractivity contribution in [2.75, 3.05) is 6.54 Å². The molecule has 0 radical (unpaired) electrons. The van der Waals surface area contributed by atoms with Crippen LogP contribution in [-0.4, -0.2) is 47.6 Å². The molecule has 0 spiro atoms. The second-order valence-corrected chi connectivity index (χ2v) is 7.97. The highest BCUT2D eigenvalue weighted by Gasteiger charge is 2.54. The number of carbonyl (C=O) groups is 1. The Labute approximate surface area is 126 Å². The number of carboxylic acids is 1. The third-order valence-corrected chi connectivity index (χ3v) is 6.49. The first-order valence-electron chi connectivity index (χ1n) is 6.89. The van der Waals surface area contributed by atoms with Gasteiger partial charge in [0.1, 0.15) is 6.04 Å². The van der Waals surface area contributed by atoms with Gasteiger partial charge in [-0.2, -0.15) is 4.31 Å². The van der Waals surface area contributed by atoms with Crippen molar-refractivity contribution < 1.29 is 27.1 Å². The van der Waals surface area contributed by atoms with Crippen LogP contribution in [0.2, 0.25) is 0 Å². The second-order valence-electron chi connectivity index (χ2n) is 5.80. The Hall–Kier alpha value is -1.54. The van der Waals surface area contributed by atoms with Gasteiger partial charge in [0.15, 0.2) is 0 Å². The van der Waals surface area contributed by atoms with Gasteiger partial charge in [-0.05, 0) is 24.0 Å². The number of aliphatic carboxylic acids is 1. The molecule has 1 N–H and O–H groups in total. The monoisotopic (exact) mass is 331 g/mol. The molecule has 8 heteroatoms. The van der Waals surface area contributed by atoms with Gasteiger partial charge in [-0.1, -0.05) is 24.3 Å². The third-order valence-electron chi connectivity index (χ3n) is 4.27. The topological polar surface area (TPSA) is 74.7 Å². The summed E-state index contributed by atoms with van der Waals surface area (Å²) >= 11 is 0. The van der Waals surface area contributed by atoms with E-state index in [1.165, 1.54) is 0 Å². The smallest absolute Gasteiger partial charge is 0.322 e. The molecule has 1 aliphatic heterocycles. The van der Waals surface area contributed by atoms with Gasteiger partial charge >= 0.3 is 5.97 Å². The number of hydrogen-bond acceptors (Lipinski definition) is 3. The molecule has 1 aromatic rings. The third kappa shape index (κ3) is 2.50. The standard InChI is InChI=1S/C14H15F2NO4S/c15-14(16)7-12(13(18)19)17(8-14)22(20,21)11-5-9-3-1-2-4-10(9)6-11/h1-4,11-12H,5-8H2,(H,18,19)/t12-/m1/s1. The van der Waals surface area contributed by atoms with Crippen molar-refractivity contribution in [2.24, 2.45) is 0 Å². The van der Waals surface area contributed by atoms with Crippen molar-refractivity contribution in [1.29, 1.82) is 0 Å². The van der Waals surface area contributed by atoms with Crippen LogP contribution in [0.1, 0.15) is 17.5 Å². The molecule has 0 bridgehead atoms. The highest BCUT2D eigenvalue weighted by Crippen LogP contribution is 2.37. The zero-order valence-corrected chi connectivity index (χ0v) is 12.4. The molecule has 1 heterocycles. The second kappa shape index (κ2) is 4.99. The lowest BCUT2D eigenvalue weighted by Crippen LogP contribution is -2.45. The van der Waals surface area contributed by atoms with Gasteiger partial charge in [-0.15, -0.1) is 0 Å². The van der Waals surface area contributed by atoms with E-state index in [-0.39, 0.29) is 12.8 Å². The highest BCUT2D eigenvalue weighted by atomic mass is 32.2. The van der Waals surface area contributed by atoms with Crippen molar-refractivity contribution in [1.82, 2.24) is 4.31 Å². The van der Waals surface area contributed by atoms with Crippen molar-refractivity contribution in [3.05, 3.63) is 35.4 Å². The number of rotatable bonds is 3. The Morgan fingerprint density at radius 1 is 1.23 bits per heavy atom. The Morgan fingerprint density at radius 2 is 1.77 bits per heavy atom. The molecule has 1 saturated heterocycles. The number of carboxylic acid groups (broad SMARTS) is 1. The fourth-order valence-electron chi connectivity index (χ4n) is 3.19. The summed E-state index contributed by atoms with van der Waals surface area (Å²) in [6, 6.07) is 5.50. The van der Waals surface area contributed by atoms with Crippen LogP contribution in [0.15, 0.2) is 24.3 Å². The van der Waals surface area contributed by atoms with Crippen molar-refractivity contribution in [2.45, 2.75) is 36.5 Å². The molecule has 2 aliphatic rings. The summed E-state index contributed by atoms with van der Waals surface area (Å²) in [5, 5.41) is 8.18. The first-order chi connectivity index (χ1) is 10.2. The molecule has 22 heavy (non-hydrogen) atoms. The number of sulfonamides is 1. The molecule has 1 aliphatic carbocycles. The number of hydrogen-bond donors (Lipinski definition) is 1. The average Bonchev–Trinajstić information content (AvgIpc) is 2.99. The molecule has 5 nitrogen and oxygen atoms in total. The van der Waals surface area contributed by atoms with Crippen LogP contribution >= 0.6 is 0 Å². The van der Waals surface area contributed by atoms with E-state index in [0.717, 1.165) is 11.1 Å². The van der Waals surface area contributed by atoms with Gasteiger partial charge in [0.2, 0.25) is 10.0 Å². The zero-order valence-electron chi connectivity index (χ0n) is 11.6. The van der Waals surface area contributed by atoms with Crippen molar-refractivity contribution >= 4 is 16.0 Å². The lowest BCUT2D eigenvalue weighted by atomic mass is 10.1. The SMILES string of the molecule is O=C(O)[C@H]1CC(F)(F)CN1S(=O)(=O)C1Cc2ccccc2C1. The number of halogens is 2. The largest absolute Gasteiger partial charge is 0.480 e. The average molecular weight is 331 g/mol. The normalized spacial score (nSPS) is 25.3. The Morgan fingerprint density at radius 3 is 2.27 bits per heavy atom. The molecule has 0 saturated carbocycles. The molecular formula is C14H15F2NO4S. The van der Waals surface area contributed by atoms with Crippen LogP contribution in [0, 0.1) is 0 Å². The molecular weight excluding hydrogens is 316 g/mol. The molecule has 3 rings (SSSR count). The van der Waals surface area contributed by atoms with Crippen LogP contribution in [-0.2, 0) is 27.7 Å². The van der Waals surface area contributed by atoms with Crippen LogP contribution in [0.25, 0.3) is 0 Å². The first-order valence-corrected chi connectivity index (χ1v) is 8.39. The maximum absolute atomic E-state index is 13.5. The van der Waals surface area contributed by atoms with Crippen molar-refractivity contribution in [3.63, 3.8) is 0 Å². The number of nitrogens with zero attached hydrogens (tertiary/aromatic N) is 1. The van der Waals surface area contributed by atoms with E-state index in [1.54, 1.807) is 24.3 Å². The molecule has 1 fully saturated rings. The predicted octanol–water partition coefficient (Wildman–Crippen LogP) is 1.28. The van der Waals surface area contributed by atoms with Gasteiger partial charge in [-0.25, -0.2) is 17.2 Å². The van der Waals surface area contributed by atoms with E-state index in [4.69, 9.17) is 5.11 Å². The minimum absolute atomic E-state index is 0.229. The molecule has 0 aromatic heterocycles. The lowest BCUT2D eigenvalue weighted by molar-refractivity contribution is -0.141. The summed E-state index contributed by atoms with van der Waals surface area (Å²) in [5.41, 5.74) is 1.74.